The molecule has 0 bridgehead atoms. The van der Waals surface area contributed by atoms with E-state index in [-0.39, 0.29) is 22.3 Å². The number of halogens is 2. The first-order valence-corrected chi connectivity index (χ1v) is 8.24. The minimum atomic E-state index is -0.823. The standard InChI is InChI=1S/C16H13FIN3O4/c1-7-12(22)11-13(19(2)14(7)23)21(16(25)20(3)15(11)24)10-5-4-8(18)6-9(10)17/h4-6,22H,1-3H3. The molecule has 2 aromatic heterocycles. The van der Waals surface area contributed by atoms with E-state index in [1.54, 1.807) is 6.07 Å². The van der Waals surface area contributed by atoms with Gasteiger partial charge in [0.1, 0.15) is 22.6 Å². The molecule has 0 atom stereocenters. The maximum atomic E-state index is 14.5. The largest absolute Gasteiger partial charge is 0.506 e. The topological polar surface area (TPSA) is 86.2 Å². The molecular formula is C16H13FIN3O4. The number of aryl methyl sites for hydroxylation is 1. The van der Waals surface area contributed by atoms with E-state index in [0.717, 1.165) is 13.7 Å². The molecule has 0 aliphatic heterocycles. The summed E-state index contributed by atoms with van der Waals surface area (Å²) in [5.74, 6) is -1.21. The van der Waals surface area contributed by atoms with Gasteiger partial charge in [-0.1, -0.05) is 0 Å². The first-order valence-electron chi connectivity index (χ1n) is 7.16. The van der Waals surface area contributed by atoms with E-state index < -0.39 is 28.4 Å². The first kappa shape index (κ1) is 17.4. The minimum absolute atomic E-state index is 0.0274. The molecule has 0 aliphatic carbocycles. The van der Waals surface area contributed by atoms with Gasteiger partial charge in [-0.2, -0.15) is 0 Å². The van der Waals surface area contributed by atoms with Gasteiger partial charge < -0.3 is 5.11 Å². The van der Waals surface area contributed by atoms with Crippen molar-refractivity contribution in [1.29, 1.82) is 0 Å². The number of hydrogen-bond donors (Lipinski definition) is 1. The Bertz CT molecular complexity index is 1220. The number of rotatable bonds is 1. The van der Waals surface area contributed by atoms with Crippen molar-refractivity contribution in [3.8, 4) is 11.4 Å². The Morgan fingerprint density at radius 3 is 2.32 bits per heavy atom. The summed E-state index contributed by atoms with van der Waals surface area (Å²) in [4.78, 5) is 37.5. The van der Waals surface area contributed by atoms with Gasteiger partial charge in [0, 0.05) is 17.7 Å². The number of nitrogens with zero attached hydrogens (tertiary/aromatic N) is 3. The average molecular weight is 457 g/mol. The molecule has 2 heterocycles. The smallest absolute Gasteiger partial charge is 0.337 e. The molecule has 0 fully saturated rings. The van der Waals surface area contributed by atoms with Gasteiger partial charge in [-0.25, -0.2) is 13.8 Å². The minimum Gasteiger partial charge on any atom is -0.506 e. The lowest BCUT2D eigenvalue weighted by atomic mass is 10.2. The predicted octanol–water partition coefficient (Wildman–Crippen LogP) is 1.15. The van der Waals surface area contributed by atoms with Crippen LogP contribution in [0, 0.1) is 16.3 Å². The Morgan fingerprint density at radius 2 is 1.72 bits per heavy atom. The fourth-order valence-corrected chi connectivity index (χ4v) is 3.20. The Hall–Kier alpha value is -2.43. The van der Waals surface area contributed by atoms with Crippen LogP contribution in [0.15, 0.2) is 32.6 Å². The van der Waals surface area contributed by atoms with Gasteiger partial charge in [0.25, 0.3) is 11.1 Å². The van der Waals surface area contributed by atoms with E-state index in [1.807, 2.05) is 22.6 Å². The maximum absolute atomic E-state index is 14.5. The van der Waals surface area contributed by atoms with Crippen molar-refractivity contribution in [2.45, 2.75) is 6.92 Å². The summed E-state index contributed by atoms with van der Waals surface area (Å²) < 4.78 is 17.9. The van der Waals surface area contributed by atoms with Crippen LogP contribution in [-0.2, 0) is 14.1 Å². The van der Waals surface area contributed by atoms with Crippen LogP contribution in [0.2, 0.25) is 0 Å². The van der Waals surface area contributed by atoms with E-state index in [0.29, 0.717) is 3.57 Å². The van der Waals surface area contributed by atoms with Crippen molar-refractivity contribution in [2.24, 2.45) is 14.1 Å². The third kappa shape index (κ3) is 2.41. The SMILES string of the molecule is Cc1c(O)c2c(=O)n(C)c(=O)n(-c3ccc(I)cc3F)c2n(C)c1=O. The third-order valence-electron chi connectivity index (χ3n) is 4.12. The van der Waals surface area contributed by atoms with Crippen molar-refractivity contribution in [3.63, 3.8) is 0 Å². The summed E-state index contributed by atoms with van der Waals surface area (Å²) in [6.45, 7) is 1.37. The highest BCUT2D eigenvalue weighted by atomic mass is 127. The second-order valence-electron chi connectivity index (χ2n) is 5.61. The number of pyridine rings is 1. The molecule has 25 heavy (non-hydrogen) atoms. The Balaban J connectivity index is 2.72. The third-order valence-corrected chi connectivity index (χ3v) is 4.79. The summed E-state index contributed by atoms with van der Waals surface area (Å²) in [5, 5.41) is 10.1. The molecule has 3 rings (SSSR count). The Morgan fingerprint density at radius 1 is 1.08 bits per heavy atom. The van der Waals surface area contributed by atoms with Crippen molar-refractivity contribution in [1.82, 2.24) is 13.7 Å². The van der Waals surface area contributed by atoms with Gasteiger partial charge in [-0.15, -0.1) is 0 Å². The predicted molar refractivity (Wildman–Crippen MR) is 99.1 cm³/mol. The number of benzene rings is 1. The van der Waals surface area contributed by atoms with Crippen LogP contribution in [0.4, 0.5) is 4.39 Å². The second-order valence-corrected chi connectivity index (χ2v) is 6.86. The molecule has 0 unspecified atom stereocenters. The molecule has 0 aliphatic rings. The first-order chi connectivity index (χ1) is 11.7. The van der Waals surface area contributed by atoms with Gasteiger partial charge in [-0.05, 0) is 47.7 Å². The van der Waals surface area contributed by atoms with Crippen LogP contribution >= 0.6 is 22.6 Å². The molecule has 9 heteroatoms. The molecule has 0 amide bonds. The van der Waals surface area contributed by atoms with Gasteiger partial charge in [0.2, 0.25) is 0 Å². The van der Waals surface area contributed by atoms with E-state index in [2.05, 4.69) is 0 Å². The maximum Gasteiger partial charge on any atom is 0.337 e. The van der Waals surface area contributed by atoms with E-state index >= 15 is 0 Å². The lowest BCUT2D eigenvalue weighted by Crippen LogP contribution is -2.40. The number of aromatic nitrogens is 3. The van der Waals surface area contributed by atoms with Gasteiger partial charge in [0.05, 0.1) is 11.3 Å². The highest BCUT2D eigenvalue weighted by molar-refractivity contribution is 14.1. The van der Waals surface area contributed by atoms with Crippen molar-refractivity contribution >= 4 is 33.6 Å². The highest BCUT2D eigenvalue weighted by Crippen LogP contribution is 2.24. The molecule has 0 saturated carbocycles. The zero-order valence-corrected chi connectivity index (χ0v) is 15.7. The van der Waals surface area contributed by atoms with Crippen LogP contribution in [0.1, 0.15) is 5.56 Å². The van der Waals surface area contributed by atoms with Crippen molar-refractivity contribution < 1.29 is 9.50 Å². The highest BCUT2D eigenvalue weighted by Gasteiger charge is 2.22. The zero-order chi connectivity index (χ0) is 18.6. The number of fused-ring (bicyclic) bond motifs is 1. The fourth-order valence-electron chi connectivity index (χ4n) is 2.74. The molecular weight excluding hydrogens is 444 g/mol. The van der Waals surface area contributed by atoms with Gasteiger partial charge >= 0.3 is 5.69 Å². The number of hydrogen-bond acceptors (Lipinski definition) is 4. The van der Waals surface area contributed by atoms with E-state index in [9.17, 15) is 23.9 Å². The molecule has 130 valence electrons. The number of aromatic hydroxyl groups is 1. The molecule has 0 spiro atoms. The Labute approximate surface area is 153 Å². The van der Waals surface area contributed by atoms with Crippen LogP contribution < -0.4 is 16.8 Å². The molecule has 0 saturated heterocycles. The van der Waals surface area contributed by atoms with Crippen LogP contribution in [0.25, 0.3) is 16.7 Å². The average Bonchev–Trinajstić information content (AvgIpc) is 2.56. The summed E-state index contributed by atoms with van der Waals surface area (Å²) in [7, 11) is 2.59. The fraction of sp³-hybridized carbons (Fsp3) is 0.188. The molecule has 7 nitrogen and oxygen atoms in total. The van der Waals surface area contributed by atoms with Crippen LogP contribution in [-0.4, -0.2) is 18.8 Å². The van der Waals surface area contributed by atoms with Gasteiger partial charge in [-0.3, -0.25) is 18.7 Å². The molecule has 1 N–H and O–H groups in total. The summed E-state index contributed by atoms with van der Waals surface area (Å²) in [6.07, 6.45) is 0. The monoisotopic (exact) mass is 457 g/mol. The summed E-state index contributed by atoms with van der Waals surface area (Å²) in [6, 6.07) is 4.20. The van der Waals surface area contributed by atoms with Crippen LogP contribution in [0.5, 0.6) is 5.75 Å². The van der Waals surface area contributed by atoms with Gasteiger partial charge in [0.15, 0.2) is 0 Å². The second kappa shape index (κ2) is 5.83. The lowest BCUT2D eigenvalue weighted by Gasteiger charge is -2.17. The Kier molecular flexibility index (Phi) is 4.06. The lowest BCUT2D eigenvalue weighted by molar-refractivity contribution is 0.472. The van der Waals surface area contributed by atoms with Crippen molar-refractivity contribution in [2.75, 3.05) is 0 Å². The van der Waals surface area contributed by atoms with Crippen LogP contribution in [0.3, 0.4) is 0 Å². The van der Waals surface area contributed by atoms with E-state index in [1.165, 1.54) is 33.2 Å². The summed E-state index contributed by atoms with van der Waals surface area (Å²) in [5.41, 5.74) is -2.49. The molecule has 0 radical (unpaired) electrons. The molecule has 1 aromatic carbocycles. The van der Waals surface area contributed by atoms with E-state index in [4.69, 9.17) is 0 Å². The zero-order valence-electron chi connectivity index (χ0n) is 13.5. The molecule has 3 aromatic rings. The normalized spacial score (nSPS) is 11.2. The quantitative estimate of drug-likeness (QED) is 0.556. The van der Waals surface area contributed by atoms with Crippen molar-refractivity contribution in [3.05, 3.63) is 64.3 Å². The summed E-state index contributed by atoms with van der Waals surface area (Å²) >= 11 is 1.92.